The molecule has 0 saturated heterocycles. The maximum absolute atomic E-state index is 12.2. The highest BCUT2D eigenvalue weighted by Gasteiger charge is 2.08. The lowest BCUT2D eigenvalue weighted by molar-refractivity contribution is -0.116. The molecule has 138 valence electrons. The van der Waals surface area contributed by atoms with Crippen LogP contribution < -0.4 is 16.2 Å². The zero-order chi connectivity index (χ0) is 19.4. The molecule has 0 spiro atoms. The quantitative estimate of drug-likeness (QED) is 0.649. The first-order valence-corrected chi connectivity index (χ1v) is 8.71. The standard InChI is InChI=1S/C21H21N3O3/c1-13-6-8-19-16(10-13)11-15(21(27)24-19)7-9-20(26)23-18-5-3-4-17(12-18)22-14(2)25/h3-6,8,10-12H,7,9H2,1-2H3,(H,22,25)(H,23,26)(H,24,27). The number of hydrogen-bond donors (Lipinski definition) is 3. The maximum Gasteiger partial charge on any atom is 0.251 e. The molecule has 1 heterocycles. The van der Waals surface area contributed by atoms with Crippen LogP contribution in [0, 0.1) is 6.92 Å². The topological polar surface area (TPSA) is 91.1 Å². The number of carbonyl (C=O) groups is 2. The van der Waals surface area contributed by atoms with Crippen molar-refractivity contribution >= 4 is 34.1 Å². The second-order valence-corrected chi connectivity index (χ2v) is 6.52. The van der Waals surface area contributed by atoms with Crippen LogP contribution in [0.3, 0.4) is 0 Å². The summed E-state index contributed by atoms with van der Waals surface area (Å²) >= 11 is 0. The van der Waals surface area contributed by atoms with Gasteiger partial charge in [0, 0.05) is 35.8 Å². The first-order chi connectivity index (χ1) is 12.9. The van der Waals surface area contributed by atoms with Crippen molar-refractivity contribution in [3.63, 3.8) is 0 Å². The molecule has 2 aromatic carbocycles. The van der Waals surface area contributed by atoms with Crippen LogP contribution in [0.25, 0.3) is 10.9 Å². The van der Waals surface area contributed by atoms with Crippen molar-refractivity contribution in [2.24, 2.45) is 0 Å². The van der Waals surface area contributed by atoms with Gasteiger partial charge in [0.05, 0.1) is 0 Å². The summed E-state index contributed by atoms with van der Waals surface area (Å²) in [6.07, 6.45) is 0.529. The lowest BCUT2D eigenvalue weighted by atomic mass is 10.1. The van der Waals surface area contributed by atoms with Gasteiger partial charge in [0.25, 0.3) is 5.56 Å². The fraction of sp³-hybridized carbons (Fsp3) is 0.190. The molecular formula is C21H21N3O3. The van der Waals surface area contributed by atoms with E-state index in [1.807, 2.05) is 31.2 Å². The lowest BCUT2D eigenvalue weighted by Crippen LogP contribution is -2.17. The Labute approximate surface area is 156 Å². The number of carbonyl (C=O) groups excluding carboxylic acids is 2. The minimum absolute atomic E-state index is 0.174. The molecule has 0 saturated carbocycles. The van der Waals surface area contributed by atoms with Crippen LogP contribution in [0.5, 0.6) is 0 Å². The Balaban J connectivity index is 1.67. The molecule has 6 heteroatoms. The molecule has 2 amide bonds. The van der Waals surface area contributed by atoms with Gasteiger partial charge >= 0.3 is 0 Å². The molecule has 0 aliphatic carbocycles. The molecule has 1 aromatic heterocycles. The Bertz CT molecular complexity index is 1070. The summed E-state index contributed by atoms with van der Waals surface area (Å²) in [5, 5.41) is 6.41. The number of anilines is 2. The molecule has 3 aromatic rings. The van der Waals surface area contributed by atoms with Gasteiger partial charge in [-0.2, -0.15) is 0 Å². The first kappa shape index (κ1) is 18.4. The molecule has 0 unspecified atom stereocenters. The Hall–Kier alpha value is -3.41. The third-order valence-corrected chi connectivity index (χ3v) is 4.16. The number of rotatable bonds is 5. The predicted molar refractivity (Wildman–Crippen MR) is 107 cm³/mol. The normalized spacial score (nSPS) is 10.6. The zero-order valence-electron chi connectivity index (χ0n) is 15.3. The van der Waals surface area contributed by atoms with Crippen LogP contribution in [-0.4, -0.2) is 16.8 Å². The van der Waals surface area contributed by atoms with E-state index < -0.39 is 0 Å². The number of fused-ring (bicyclic) bond motifs is 1. The van der Waals surface area contributed by atoms with Crippen molar-refractivity contribution in [3.05, 3.63) is 70.0 Å². The molecule has 3 N–H and O–H groups in total. The fourth-order valence-corrected chi connectivity index (χ4v) is 2.91. The van der Waals surface area contributed by atoms with Gasteiger partial charge in [-0.1, -0.05) is 17.7 Å². The Kier molecular flexibility index (Phi) is 5.35. The Morgan fingerprint density at radius 2 is 1.74 bits per heavy atom. The molecule has 0 aliphatic heterocycles. The van der Waals surface area contributed by atoms with Crippen molar-refractivity contribution in [3.8, 4) is 0 Å². The molecule has 6 nitrogen and oxygen atoms in total. The van der Waals surface area contributed by atoms with E-state index in [4.69, 9.17) is 0 Å². The summed E-state index contributed by atoms with van der Waals surface area (Å²) in [6.45, 7) is 3.42. The summed E-state index contributed by atoms with van der Waals surface area (Å²) in [5.74, 6) is -0.372. The summed E-state index contributed by atoms with van der Waals surface area (Å²) in [7, 11) is 0. The monoisotopic (exact) mass is 363 g/mol. The zero-order valence-corrected chi connectivity index (χ0v) is 15.3. The van der Waals surface area contributed by atoms with Crippen molar-refractivity contribution in [1.29, 1.82) is 0 Å². The van der Waals surface area contributed by atoms with Gasteiger partial charge in [-0.3, -0.25) is 14.4 Å². The molecule has 0 radical (unpaired) electrons. The second kappa shape index (κ2) is 7.86. The van der Waals surface area contributed by atoms with Crippen molar-refractivity contribution < 1.29 is 9.59 Å². The average Bonchev–Trinajstić information content (AvgIpc) is 2.60. The van der Waals surface area contributed by atoms with Crippen molar-refractivity contribution in [2.45, 2.75) is 26.7 Å². The first-order valence-electron chi connectivity index (χ1n) is 8.71. The van der Waals surface area contributed by atoms with Gasteiger partial charge in [-0.15, -0.1) is 0 Å². The van der Waals surface area contributed by atoms with E-state index in [2.05, 4.69) is 15.6 Å². The lowest BCUT2D eigenvalue weighted by Gasteiger charge is -2.08. The van der Waals surface area contributed by atoms with Gasteiger partial charge < -0.3 is 15.6 Å². The minimum Gasteiger partial charge on any atom is -0.326 e. The minimum atomic E-state index is -0.196. The van der Waals surface area contributed by atoms with Crippen molar-refractivity contribution in [1.82, 2.24) is 4.98 Å². The predicted octanol–water partition coefficient (Wildman–Crippen LogP) is 3.37. The molecular weight excluding hydrogens is 342 g/mol. The summed E-state index contributed by atoms with van der Waals surface area (Å²) in [5.41, 5.74) is 3.50. The molecule has 0 fully saturated rings. The summed E-state index contributed by atoms with van der Waals surface area (Å²) < 4.78 is 0. The molecule has 3 rings (SSSR count). The van der Waals surface area contributed by atoms with Crippen molar-refractivity contribution in [2.75, 3.05) is 10.6 Å². The van der Waals surface area contributed by atoms with Crippen LogP contribution in [0.15, 0.2) is 53.3 Å². The highest BCUT2D eigenvalue weighted by molar-refractivity contribution is 5.93. The van der Waals surface area contributed by atoms with E-state index in [9.17, 15) is 14.4 Å². The maximum atomic E-state index is 12.2. The molecule has 0 bridgehead atoms. The average molecular weight is 363 g/mol. The van der Waals surface area contributed by atoms with Crippen LogP contribution in [0.4, 0.5) is 11.4 Å². The van der Waals surface area contributed by atoms with Crippen LogP contribution in [-0.2, 0) is 16.0 Å². The van der Waals surface area contributed by atoms with E-state index >= 15 is 0 Å². The fourth-order valence-electron chi connectivity index (χ4n) is 2.91. The number of nitrogens with one attached hydrogen (secondary N) is 3. The van der Waals surface area contributed by atoms with Gasteiger partial charge in [0.15, 0.2) is 0 Å². The van der Waals surface area contributed by atoms with Crippen LogP contribution in [0.1, 0.15) is 24.5 Å². The van der Waals surface area contributed by atoms with Crippen LogP contribution >= 0.6 is 0 Å². The largest absolute Gasteiger partial charge is 0.326 e. The molecule has 27 heavy (non-hydrogen) atoms. The molecule has 0 aliphatic rings. The van der Waals surface area contributed by atoms with Gasteiger partial charge in [-0.05, 0) is 55.1 Å². The highest BCUT2D eigenvalue weighted by atomic mass is 16.2. The van der Waals surface area contributed by atoms with Gasteiger partial charge in [0.1, 0.15) is 0 Å². The number of aromatic nitrogens is 1. The second-order valence-electron chi connectivity index (χ2n) is 6.52. The smallest absolute Gasteiger partial charge is 0.251 e. The number of aryl methyl sites for hydroxylation is 2. The SMILES string of the molecule is CC(=O)Nc1cccc(NC(=O)CCc2cc3cc(C)ccc3[nH]c2=O)c1. The van der Waals surface area contributed by atoms with Gasteiger partial charge in [-0.25, -0.2) is 0 Å². The van der Waals surface area contributed by atoms with Gasteiger partial charge in [0.2, 0.25) is 11.8 Å². The highest BCUT2D eigenvalue weighted by Crippen LogP contribution is 2.16. The third-order valence-electron chi connectivity index (χ3n) is 4.16. The summed E-state index contributed by atoms with van der Waals surface area (Å²) in [6, 6.07) is 14.6. The summed E-state index contributed by atoms with van der Waals surface area (Å²) in [4.78, 5) is 38.4. The van der Waals surface area contributed by atoms with E-state index in [-0.39, 0.29) is 23.8 Å². The number of amides is 2. The Morgan fingerprint density at radius 1 is 1.00 bits per heavy atom. The number of benzene rings is 2. The van der Waals surface area contributed by atoms with E-state index in [0.717, 1.165) is 16.5 Å². The molecule has 0 atom stereocenters. The van der Waals surface area contributed by atoms with E-state index in [1.165, 1.54) is 6.92 Å². The number of hydrogen-bond acceptors (Lipinski definition) is 3. The van der Waals surface area contributed by atoms with E-state index in [1.54, 1.807) is 24.3 Å². The third kappa shape index (κ3) is 4.82. The number of H-pyrrole nitrogens is 1. The van der Waals surface area contributed by atoms with E-state index in [0.29, 0.717) is 23.4 Å². The Morgan fingerprint density at radius 3 is 2.48 bits per heavy atom. The number of aromatic amines is 1. The van der Waals surface area contributed by atoms with Crippen LogP contribution in [0.2, 0.25) is 0 Å². The number of pyridine rings is 1.